The van der Waals surface area contributed by atoms with Crippen molar-refractivity contribution in [3.63, 3.8) is 0 Å². The van der Waals surface area contributed by atoms with Gasteiger partial charge in [0.2, 0.25) is 10.0 Å². The number of carbonyl (C=O) groups is 2. The van der Waals surface area contributed by atoms with E-state index in [2.05, 4.69) is 5.32 Å². The van der Waals surface area contributed by atoms with E-state index in [4.69, 9.17) is 10.2 Å². The number of amides is 1. The molecule has 21 heavy (non-hydrogen) atoms. The van der Waals surface area contributed by atoms with Crippen molar-refractivity contribution in [1.82, 2.24) is 14.6 Å². The van der Waals surface area contributed by atoms with Crippen molar-refractivity contribution in [1.29, 1.82) is 0 Å². The number of nitrogens with one attached hydrogen (secondary N) is 2. The second kappa shape index (κ2) is 6.70. The maximum Gasteiger partial charge on any atom is 0.321 e. The zero-order chi connectivity index (χ0) is 16.2. The van der Waals surface area contributed by atoms with Gasteiger partial charge in [-0.2, -0.15) is 4.72 Å². The number of aliphatic carboxylic acids is 1. The van der Waals surface area contributed by atoms with E-state index in [1.165, 1.54) is 24.9 Å². The van der Waals surface area contributed by atoms with Gasteiger partial charge in [-0.3, -0.25) is 9.59 Å². The van der Waals surface area contributed by atoms with Gasteiger partial charge in [0, 0.05) is 26.9 Å². The summed E-state index contributed by atoms with van der Waals surface area (Å²) >= 11 is 0. The number of aliphatic hydroxyl groups is 1. The molecular formula is C11H17N3O6S. The van der Waals surface area contributed by atoms with Crippen molar-refractivity contribution >= 4 is 21.9 Å². The Bertz CT molecular complexity index is 636. The van der Waals surface area contributed by atoms with Gasteiger partial charge >= 0.3 is 5.97 Å². The Balaban J connectivity index is 3.08. The third kappa shape index (κ3) is 4.03. The van der Waals surface area contributed by atoms with E-state index < -0.39 is 34.5 Å². The topological polar surface area (TPSA) is 138 Å². The number of carboxylic acids is 1. The molecule has 0 spiro atoms. The summed E-state index contributed by atoms with van der Waals surface area (Å²) in [5.74, 6) is -1.86. The van der Waals surface area contributed by atoms with Crippen molar-refractivity contribution in [3.8, 4) is 0 Å². The number of carbonyl (C=O) groups excluding carboxylic acids is 1. The van der Waals surface area contributed by atoms with E-state index >= 15 is 0 Å². The number of nitrogens with zero attached hydrogens (tertiary/aromatic N) is 1. The molecule has 1 rings (SSSR count). The van der Waals surface area contributed by atoms with Crippen LogP contribution in [0.25, 0.3) is 0 Å². The van der Waals surface area contributed by atoms with Gasteiger partial charge in [0.25, 0.3) is 5.91 Å². The molecule has 0 bridgehead atoms. The third-order valence-electron chi connectivity index (χ3n) is 2.76. The lowest BCUT2D eigenvalue weighted by atomic mass is 10.2. The van der Waals surface area contributed by atoms with Gasteiger partial charge in [0.1, 0.15) is 16.6 Å². The standard InChI is InChI=1S/C11H17N3O6S/c1-12-10(16)9-5-7(6-14(9)2)21(19,20)13-8(3-4-15)11(17)18/h5-6,8,13,15H,3-4H2,1-2H3,(H,12,16)(H,17,18)/t8-/m1/s1. The minimum Gasteiger partial charge on any atom is -0.480 e. The summed E-state index contributed by atoms with van der Waals surface area (Å²) in [6.07, 6.45) is 0.939. The molecule has 0 fully saturated rings. The molecule has 0 saturated heterocycles. The van der Waals surface area contributed by atoms with Crippen LogP contribution < -0.4 is 10.0 Å². The van der Waals surface area contributed by atoms with Crippen LogP contribution >= 0.6 is 0 Å². The summed E-state index contributed by atoms with van der Waals surface area (Å²) in [5.41, 5.74) is 0.118. The number of hydrogen-bond acceptors (Lipinski definition) is 5. The molecule has 0 aliphatic rings. The summed E-state index contributed by atoms with van der Waals surface area (Å²) < 4.78 is 27.5. The second-order valence-electron chi connectivity index (χ2n) is 4.28. The first kappa shape index (κ1) is 17.1. The van der Waals surface area contributed by atoms with Crippen molar-refractivity contribution in [2.45, 2.75) is 17.4 Å². The summed E-state index contributed by atoms with van der Waals surface area (Å²) in [6, 6.07) is -0.303. The van der Waals surface area contributed by atoms with Crippen LogP contribution in [0.3, 0.4) is 0 Å². The fourth-order valence-electron chi connectivity index (χ4n) is 1.65. The van der Waals surface area contributed by atoms with Crippen LogP contribution in [0.4, 0.5) is 0 Å². The number of sulfonamides is 1. The van der Waals surface area contributed by atoms with E-state index in [-0.39, 0.29) is 17.0 Å². The van der Waals surface area contributed by atoms with Gasteiger partial charge in [0.15, 0.2) is 0 Å². The summed E-state index contributed by atoms with van der Waals surface area (Å²) in [6.45, 7) is -0.474. The van der Waals surface area contributed by atoms with Gasteiger partial charge in [-0.25, -0.2) is 8.42 Å². The Kier molecular flexibility index (Phi) is 5.47. The second-order valence-corrected chi connectivity index (χ2v) is 5.99. The maximum absolute atomic E-state index is 12.1. The molecule has 0 aromatic carbocycles. The predicted octanol–water partition coefficient (Wildman–Crippen LogP) is -1.50. The van der Waals surface area contributed by atoms with Crippen molar-refractivity contribution < 1.29 is 28.2 Å². The maximum atomic E-state index is 12.1. The number of carboxylic acid groups (broad SMARTS) is 1. The highest BCUT2D eigenvalue weighted by Crippen LogP contribution is 2.14. The number of hydrogen-bond donors (Lipinski definition) is 4. The summed E-state index contributed by atoms with van der Waals surface area (Å²) in [4.78, 5) is 22.2. The zero-order valence-corrected chi connectivity index (χ0v) is 12.3. The molecule has 118 valence electrons. The Labute approximate surface area is 121 Å². The average Bonchev–Trinajstić information content (AvgIpc) is 2.80. The van der Waals surface area contributed by atoms with Crippen molar-refractivity contribution in [2.24, 2.45) is 7.05 Å². The Morgan fingerprint density at radius 2 is 2.05 bits per heavy atom. The monoisotopic (exact) mass is 319 g/mol. The van der Waals surface area contributed by atoms with E-state index in [0.29, 0.717) is 0 Å². The Hall–Kier alpha value is -1.91. The van der Waals surface area contributed by atoms with Crippen LogP contribution in [0.1, 0.15) is 16.9 Å². The molecule has 10 heteroatoms. The van der Waals surface area contributed by atoms with E-state index in [0.717, 1.165) is 6.07 Å². The van der Waals surface area contributed by atoms with Gasteiger partial charge in [0.05, 0.1) is 0 Å². The molecule has 1 aromatic heterocycles. The molecular weight excluding hydrogens is 302 g/mol. The molecule has 0 saturated carbocycles. The smallest absolute Gasteiger partial charge is 0.321 e. The Morgan fingerprint density at radius 3 is 2.52 bits per heavy atom. The lowest BCUT2D eigenvalue weighted by Crippen LogP contribution is -2.41. The van der Waals surface area contributed by atoms with Gasteiger partial charge in [-0.15, -0.1) is 0 Å². The first-order chi connectivity index (χ1) is 9.72. The van der Waals surface area contributed by atoms with Gasteiger partial charge in [-0.05, 0) is 12.5 Å². The molecule has 9 nitrogen and oxygen atoms in total. The van der Waals surface area contributed by atoms with Crippen LogP contribution in [0.2, 0.25) is 0 Å². The molecule has 0 aliphatic heterocycles. The lowest BCUT2D eigenvalue weighted by Gasteiger charge is -2.12. The van der Waals surface area contributed by atoms with Crippen LogP contribution in [0, 0.1) is 0 Å². The van der Waals surface area contributed by atoms with E-state index in [1.807, 2.05) is 4.72 Å². The molecule has 0 unspecified atom stereocenters. The molecule has 4 N–H and O–H groups in total. The lowest BCUT2D eigenvalue weighted by molar-refractivity contribution is -0.139. The molecule has 1 atom stereocenters. The van der Waals surface area contributed by atoms with E-state index in [1.54, 1.807) is 0 Å². The first-order valence-electron chi connectivity index (χ1n) is 5.97. The first-order valence-corrected chi connectivity index (χ1v) is 7.45. The van der Waals surface area contributed by atoms with Crippen molar-refractivity contribution in [3.05, 3.63) is 18.0 Å². The van der Waals surface area contributed by atoms with Crippen molar-refractivity contribution in [2.75, 3.05) is 13.7 Å². The quantitative estimate of drug-likeness (QED) is 0.482. The molecule has 0 radical (unpaired) electrons. The number of aliphatic hydroxyl groups excluding tert-OH is 1. The normalized spacial score (nSPS) is 12.9. The molecule has 1 aromatic rings. The highest BCUT2D eigenvalue weighted by atomic mass is 32.2. The Morgan fingerprint density at radius 1 is 1.43 bits per heavy atom. The van der Waals surface area contributed by atoms with Crippen LogP contribution in [0.5, 0.6) is 0 Å². The highest BCUT2D eigenvalue weighted by molar-refractivity contribution is 7.89. The number of rotatable bonds is 7. The molecule has 1 amide bonds. The zero-order valence-electron chi connectivity index (χ0n) is 11.5. The van der Waals surface area contributed by atoms with Crippen LogP contribution in [-0.2, 0) is 21.9 Å². The number of aromatic nitrogens is 1. The fraction of sp³-hybridized carbons (Fsp3) is 0.455. The van der Waals surface area contributed by atoms with Gasteiger partial charge < -0.3 is 20.1 Å². The van der Waals surface area contributed by atoms with Crippen LogP contribution in [0.15, 0.2) is 17.2 Å². The van der Waals surface area contributed by atoms with Gasteiger partial charge in [-0.1, -0.05) is 0 Å². The third-order valence-corrected chi connectivity index (χ3v) is 4.20. The minimum absolute atomic E-state index is 0.118. The van der Waals surface area contributed by atoms with E-state index in [9.17, 15) is 18.0 Å². The largest absolute Gasteiger partial charge is 0.480 e. The molecule has 0 aliphatic carbocycles. The average molecular weight is 319 g/mol. The highest BCUT2D eigenvalue weighted by Gasteiger charge is 2.27. The minimum atomic E-state index is -4.11. The summed E-state index contributed by atoms with van der Waals surface area (Å²) in [5, 5.41) is 20.0. The summed E-state index contributed by atoms with van der Waals surface area (Å²) in [7, 11) is -1.21. The SMILES string of the molecule is CNC(=O)c1cc(S(=O)(=O)N[C@H](CCO)C(=O)O)cn1C. The van der Waals surface area contributed by atoms with Crippen LogP contribution in [-0.4, -0.2) is 54.8 Å². The molecule has 1 heterocycles. The fourth-order valence-corrected chi connectivity index (χ4v) is 2.95. The number of aryl methyl sites for hydroxylation is 1. The predicted molar refractivity (Wildman–Crippen MR) is 72.3 cm³/mol.